The molecule has 0 aliphatic heterocycles. The maximum absolute atomic E-state index is 5.40. The summed E-state index contributed by atoms with van der Waals surface area (Å²) >= 11 is 0. The predicted octanol–water partition coefficient (Wildman–Crippen LogP) is 9.13. The quantitative estimate of drug-likeness (QED) is 0.219. The molecule has 0 atom stereocenters. The van der Waals surface area contributed by atoms with Crippen molar-refractivity contribution >= 4 is 43.9 Å². The fourth-order valence-electron chi connectivity index (χ4n) is 6.51. The van der Waals surface area contributed by atoms with Gasteiger partial charge in [-0.3, -0.25) is 14.1 Å². The van der Waals surface area contributed by atoms with Crippen LogP contribution in [0.15, 0.2) is 152 Å². The summed E-state index contributed by atoms with van der Waals surface area (Å²) < 4.78 is 6.94. The largest absolute Gasteiger partial charge is 0.308 e. The second kappa shape index (κ2) is 9.29. The van der Waals surface area contributed by atoms with E-state index in [2.05, 4.69) is 146 Å². The van der Waals surface area contributed by atoms with Crippen LogP contribution in [0.2, 0.25) is 0 Å². The average Bonchev–Trinajstić information content (AvgIpc) is 3.72. The fourth-order valence-corrected chi connectivity index (χ4v) is 6.51. The van der Waals surface area contributed by atoms with Gasteiger partial charge in [0, 0.05) is 39.3 Å². The van der Waals surface area contributed by atoms with Crippen LogP contribution in [0.5, 0.6) is 0 Å². The van der Waals surface area contributed by atoms with Gasteiger partial charge in [-0.2, -0.15) is 0 Å². The van der Waals surface area contributed by atoms with Gasteiger partial charge in [-0.1, -0.05) is 84.9 Å². The van der Waals surface area contributed by atoms with Crippen molar-refractivity contribution in [1.29, 1.82) is 0 Å². The van der Waals surface area contributed by atoms with Crippen LogP contribution in [-0.4, -0.2) is 23.7 Å². The van der Waals surface area contributed by atoms with Crippen LogP contribution in [0.1, 0.15) is 0 Å². The first-order chi connectivity index (χ1) is 21.4. The van der Waals surface area contributed by atoms with Crippen LogP contribution in [0.3, 0.4) is 0 Å². The van der Waals surface area contributed by atoms with Crippen molar-refractivity contribution < 1.29 is 0 Å². The van der Waals surface area contributed by atoms with Gasteiger partial charge < -0.3 is 4.57 Å². The van der Waals surface area contributed by atoms with Crippen LogP contribution in [0.25, 0.3) is 72.3 Å². The molecule has 5 aromatic carbocycles. The van der Waals surface area contributed by atoms with E-state index < -0.39 is 0 Å². The van der Waals surface area contributed by atoms with E-state index in [-0.39, 0.29) is 0 Å². The third kappa shape index (κ3) is 3.52. The van der Waals surface area contributed by atoms with Crippen LogP contribution < -0.4 is 0 Å². The molecule has 0 unspecified atom stereocenters. The Morgan fingerprint density at radius 3 is 1.79 bits per heavy atom. The number of aromatic nitrogens is 5. The minimum Gasteiger partial charge on any atom is -0.308 e. The molecule has 0 spiro atoms. The summed E-state index contributed by atoms with van der Waals surface area (Å²) in [6, 6.07) is 49.0. The zero-order valence-corrected chi connectivity index (χ0v) is 23.2. The molecule has 0 amide bonds. The smallest absolute Gasteiger partial charge is 0.165 e. The lowest BCUT2D eigenvalue weighted by molar-refractivity contribution is 1.10. The normalized spacial score (nSPS) is 11.7. The molecule has 0 radical (unpaired) electrons. The molecule has 5 nitrogen and oxygen atoms in total. The van der Waals surface area contributed by atoms with Crippen molar-refractivity contribution in [2.24, 2.45) is 0 Å². The minimum atomic E-state index is 0.918. The Hall–Kier alpha value is -5.94. The van der Waals surface area contributed by atoms with Gasteiger partial charge in [0.15, 0.2) is 5.65 Å². The SMILES string of the molecule is c1ccc(-c2nc3c(c4cc5c6ccccc6n(-c6cccnc6)c5cc4n3-c3ccccc3)n2-c2ccccc2)cc1. The van der Waals surface area contributed by atoms with Crippen LogP contribution in [0.4, 0.5) is 0 Å². The van der Waals surface area contributed by atoms with Crippen molar-refractivity contribution in [1.82, 2.24) is 23.7 Å². The summed E-state index contributed by atoms with van der Waals surface area (Å²) in [5.41, 5.74) is 9.66. The third-order valence-corrected chi connectivity index (χ3v) is 8.32. The molecule has 0 saturated carbocycles. The van der Waals surface area contributed by atoms with E-state index in [0.717, 1.165) is 61.6 Å². The van der Waals surface area contributed by atoms with Gasteiger partial charge in [0.2, 0.25) is 0 Å². The standard InChI is InChI=1S/C38H25N5/c1-4-13-26(14-5-1)37-40-38-36(43(37)28-17-8-3-9-18-28)32-23-31-30-20-10-11-21-33(30)41(29-19-12-22-39-25-29)34(31)24-35(32)42(38)27-15-6-2-7-16-27/h1-25H. The molecule has 4 aromatic heterocycles. The Balaban J connectivity index is 1.50. The van der Waals surface area contributed by atoms with Gasteiger partial charge in [0.25, 0.3) is 0 Å². The lowest BCUT2D eigenvalue weighted by atomic mass is 10.1. The molecule has 0 aliphatic carbocycles. The maximum Gasteiger partial charge on any atom is 0.165 e. The first kappa shape index (κ1) is 23.7. The number of nitrogens with zero attached hydrogens (tertiary/aromatic N) is 5. The van der Waals surface area contributed by atoms with Crippen molar-refractivity contribution in [2.45, 2.75) is 0 Å². The fraction of sp³-hybridized carbons (Fsp3) is 0. The zero-order valence-electron chi connectivity index (χ0n) is 23.2. The van der Waals surface area contributed by atoms with Gasteiger partial charge in [-0.15, -0.1) is 0 Å². The summed E-state index contributed by atoms with van der Waals surface area (Å²) in [5, 5.41) is 3.55. The topological polar surface area (TPSA) is 40.6 Å². The number of imidazole rings is 1. The molecule has 0 aliphatic rings. The molecule has 0 saturated heterocycles. The summed E-state index contributed by atoms with van der Waals surface area (Å²) in [4.78, 5) is 9.85. The zero-order chi connectivity index (χ0) is 28.3. The molecule has 0 N–H and O–H groups in total. The van der Waals surface area contributed by atoms with Gasteiger partial charge in [-0.05, 0) is 54.6 Å². The molecular weight excluding hydrogens is 526 g/mol. The number of para-hydroxylation sites is 3. The lowest BCUT2D eigenvalue weighted by Gasteiger charge is -2.11. The Labute approximate surface area is 247 Å². The second-order valence-electron chi connectivity index (χ2n) is 10.8. The molecule has 4 heterocycles. The molecular formula is C38H25N5. The number of rotatable bonds is 4. The Bertz CT molecular complexity index is 2420. The van der Waals surface area contributed by atoms with E-state index in [1.54, 1.807) is 0 Å². The van der Waals surface area contributed by atoms with E-state index in [9.17, 15) is 0 Å². The monoisotopic (exact) mass is 551 g/mol. The summed E-state index contributed by atoms with van der Waals surface area (Å²) in [5.74, 6) is 0.918. The van der Waals surface area contributed by atoms with Gasteiger partial charge in [0.05, 0.1) is 28.4 Å². The number of fused-ring (bicyclic) bond motifs is 6. The average molecular weight is 552 g/mol. The first-order valence-electron chi connectivity index (χ1n) is 14.4. The summed E-state index contributed by atoms with van der Waals surface area (Å²) in [6.07, 6.45) is 3.75. The van der Waals surface area contributed by atoms with Crippen LogP contribution >= 0.6 is 0 Å². The van der Waals surface area contributed by atoms with Crippen molar-refractivity contribution in [2.75, 3.05) is 0 Å². The molecule has 202 valence electrons. The number of benzene rings is 5. The first-order valence-corrected chi connectivity index (χ1v) is 14.4. The maximum atomic E-state index is 5.40. The molecule has 0 fully saturated rings. The Kier molecular flexibility index (Phi) is 5.13. The lowest BCUT2D eigenvalue weighted by Crippen LogP contribution is -1.98. The highest BCUT2D eigenvalue weighted by Gasteiger charge is 2.25. The Morgan fingerprint density at radius 2 is 1.07 bits per heavy atom. The highest BCUT2D eigenvalue weighted by atomic mass is 15.2. The van der Waals surface area contributed by atoms with Gasteiger partial charge in [-0.25, -0.2) is 4.98 Å². The molecule has 9 rings (SSSR count). The van der Waals surface area contributed by atoms with Crippen LogP contribution in [0, 0.1) is 0 Å². The number of hydrogen-bond donors (Lipinski definition) is 0. The van der Waals surface area contributed by atoms with E-state index >= 15 is 0 Å². The Morgan fingerprint density at radius 1 is 0.442 bits per heavy atom. The summed E-state index contributed by atoms with van der Waals surface area (Å²) in [7, 11) is 0. The molecule has 43 heavy (non-hydrogen) atoms. The highest BCUT2D eigenvalue weighted by Crippen LogP contribution is 2.41. The number of hydrogen-bond acceptors (Lipinski definition) is 2. The van der Waals surface area contributed by atoms with E-state index in [1.165, 1.54) is 10.8 Å². The van der Waals surface area contributed by atoms with Crippen molar-refractivity contribution in [3.8, 4) is 28.5 Å². The number of pyridine rings is 1. The van der Waals surface area contributed by atoms with Crippen molar-refractivity contribution in [3.05, 3.63) is 152 Å². The van der Waals surface area contributed by atoms with Gasteiger partial charge >= 0.3 is 0 Å². The minimum absolute atomic E-state index is 0.918. The summed E-state index contributed by atoms with van der Waals surface area (Å²) in [6.45, 7) is 0. The predicted molar refractivity (Wildman–Crippen MR) is 175 cm³/mol. The van der Waals surface area contributed by atoms with Gasteiger partial charge in [0.1, 0.15) is 11.3 Å². The van der Waals surface area contributed by atoms with E-state index in [4.69, 9.17) is 4.98 Å². The third-order valence-electron chi connectivity index (χ3n) is 8.32. The highest BCUT2D eigenvalue weighted by molar-refractivity contribution is 6.18. The van der Waals surface area contributed by atoms with E-state index in [1.807, 2.05) is 24.5 Å². The van der Waals surface area contributed by atoms with Crippen LogP contribution in [-0.2, 0) is 0 Å². The second-order valence-corrected chi connectivity index (χ2v) is 10.8. The van der Waals surface area contributed by atoms with Crippen molar-refractivity contribution in [3.63, 3.8) is 0 Å². The molecule has 5 heteroatoms. The molecule has 9 aromatic rings. The van der Waals surface area contributed by atoms with E-state index in [0.29, 0.717) is 0 Å². The molecule has 0 bridgehead atoms.